The molecule has 20 heavy (non-hydrogen) atoms. The lowest BCUT2D eigenvalue weighted by atomic mass is 9.92. The summed E-state index contributed by atoms with van der Waals surface area (Å²) >= 11 is 5.82. The molecule has 0 aliphatic carbocycles. The Morgan fingerprint density at radius 3 is 2.45 bits per heavy atom. The van der Waals surface area contributed by atoms with Crippen LogP contribution < -0.4 is 4.74 Å². The number of β-amino-alcohol motifs (C(OH)–C–C–N with tert-alkyl or cyclic N) is 1. The molecule has 2 rings (SSSR count). The number of nitrogens with zero attached hydrogens (tertiary/aromatic N) is 1. The number of hydrogen-bond donors (Lipinski definition) is 1. The third-order valence-corrected chi connectivity index (χ3v) is 3.92. The predicted octanol–water partition coefficient (Wildman–Crippen LogP) is 3.06. The Kier molecular flexibility index (Phi) is 5.70. The first-order chi connectivity index (χ1) is 9.52. The zero-order valence-corrected chi connectivity index (χ0v) is 13.0. The van der Waals surface area contributed by atoms with Crippen molar-refractivity contribution in [3.63, 3.8) is 0 Å². The average molecular weight is 298 g/mol. The molecule has 3 atom stereocenters. The number of ether oxygens (including phenoxy) is 1. The highest BCUT2D eigenvalue weighted by molar-refractivity contribution is 6.30. The van der Waals surface area contributed by atoms with E-state index in [9.17, 15) is 5.11 Å². The topological polar surface area (TPSA) is 32.7 Å². The predicted molar refractivity (Wildman–Crippen MR) is 82.3 cm³/mol. The van der Waals surface area contributed by atoms with Gasteiger partial charge in [-0.25, -0.2) is 0 Å². The van der Waals surface area contributed by atoms with E-state index in [1.807, 2.05) is 12.1 Å². The van der Waals surface area contributed by atoms with Crippen LogP contribution in [0, 0.1) is 11.8 Å². The van der Waals surface area contributed by atoms with Gasteiger partial charge in [0.15, 0.2) is 0 Å². The maximum absolute atomic E-state index is 10.1. The molecule has 112 valence electrons. The number of hydrogen-bond acceptors (Lipinski definition) is 3. The third-order valence-electron chi connectivity index (χ3n) is 3.67. The van der Waals surface area contributed by atoms with Gasteiger partial charge in [0, 0.05) is 24.7 Å². The summed E-state index contributed by atoms with van der Waals surface area (Å²) in [5.41, 5.74) is 0. The van der Waals surface area contributed by atoms with Crippen molar-refractivity contribution in [3.05, 3.63) is 29.3 Å². The number of piperidine rings is 1. The second-order valence-corrected chi connectivity index (χ2v) is 6.52. The number of halogens is 1. The highest BCUT2D eigenvalue weighted by Gasteiger charge is 2.23. The van der Waals surface area contributed by atoms with Crippen LogP contribution in [0.2, 0.25) is 5.02 Å². The van der Waals surface area contributed by atoms with Crippen LogP contribution in [0.1, 0.15) is 20.3 Å². The van der Waals surface area contributed by atoms with Crippen molar-refractivity contribution < 1.29 is 9.84 Å². The monoisotopic (exact) mass is 297 g/mol. The molecule has 3 nitrogen and oxygen atoms in total. The second kappa shape index (κ2) is 7.30. The van der Waals surface area contributed by atoms with Crippen LogP contribution in [0.5, 0.6) is 5.75 Å². The number of aliphatic hydroxyl groups excluding tert-OH is 1. The highest BCUT2D eigenvalue weighted by atomic mass is 35.5. The molecule has 1 aliphatic rings. The van der Waals surface area contributed by atoms with Gasteiger partial charge in [0.1, 0.15) is 18.5 Å². The van der Waals surface area contributed by atoms with Crippen LogP contribution in [-0.2, 0) is 0 Å². The Hall–Kier alpha value is -0.770. The van der Waals surface area contributed by atoms with E-state index in [0.717, 1.165) is 18.8 Å². The summed E-state index contributed by atoms with van der Waals surface area (Å²) < 4.78 is 5.58. The maximum atomic E-state index is 10.1. The minimum atomic E-state index is -0.455. The largest absolute Gasteiger partial charge is 0.491 e. The summed E-state index contributed by atoms with van der Waals surface area (Å²) in [6, 6.07) is 7.22. The lowest BCUT2D eigenvalue weighted by Gasteiger charge is -2.35. The summed E-state index contributed by atoms with van der Waals surface area (Å²) in [7, 11) is 0. The van der Waals surface area contributed by atoms with Gasteiger partial charge >= 0.3 is 0 Å². The second-order valence-electron chi connectivity index (χ2n) is 6.08. The molecule has 0 spiro atoms. The van der Waals surface area contributed by atoms with Crippen molar-refractivity contribution in [3.8, 4) is 5.75 Å². The first-order valence-electron chi connectivity index (χ1n) is 7.31. The van der Waals surface area contributed by atoms with Crippen LogP contribution in [0.4, 0.5) is 0 Å². The molecular formula is C16H24ClNO2. The smallest absolute Gasteiger partial charge is 0.119 e. The quantitative estimate of drug-likeness (QED) is 0.907. The van der Waals surface area contributed by atoms with Crippen LogP contribution in [0.25, 0.3) is 0 Å². The number of benzene rings is 1. The van der Waals surface area contributed by atoms with Gasteiger partial charge in [-0.05, 0) is 42.5 Å². The van der Waals surface area contributed by atoms with E-state index in [4.69, 9.17) is 16.3 Å². The van der Waals surface area contributed by atoms with Gasteiger partial charge < -0.3 is 14.7 Å². The minimum absolute atomic E-state index is 0.320. The molecule has 0 bridgehead atoms. The SMILES string of the molecule is CC1CC(C)CN(CC(O)COc2ccc(Cl)cc2)C1. The molecule has 0 saturated carbocycles. The minimum Gasteiger partial charge on any atom is -0.491 e. The van der Waals surface area contributed by atoms with E-state index in [0.29, 0.717) is 30.0 Å². The van der Waals surface area contributed by atoms with Crippen LogP contribution >= 0.6 is 11.6 Å². The highest BCUT2D eigenvalue weighted by Crippen LogP contribution is 2.21. The Labute approximate surface area is 126 Å². The summed E-state index contributed by atoms with van der Waals surface area (Å²) in [5.74, 6) is 2.17. The summed E-state index contributed by atoms with van der Waals surface area (Å²) in [5, 5.41) is 10.8. The molecule has 1 aromatic rings. The molecule has 0 radical (unpaired) electrons. The van der Waals surface area contributed by atoms with Crippen molar-refractivity contribution in [2.24, 2.45) is 11.8 Å². The van der Waals surface area contributed by atoms with Crippen molar-refractivity contribution in [2.75, 3.05) is 26.2 Å². The van der Waals surface area contributed by atoms with E-state index >= 15 is 0 Å². The van der Waals surface area contributed by atoms with Crippen molar-refractivity contribution in [2.45, 2.75) is 26.4 Å². The molecule has 1 N–H and O–H groups in total. The normalized spacial score (nSPS) is 25.4. The van der Waals surface area contributed by atoms with Crippen molar-refractivity contribution in [1.82, 2.24) is 4.90 Å². The molecule has 1 fully saturated rings. The lowest BCUT2D eigenvalue weighted by Crippen LogP contribution is -2.43. The first-order valence-corrected chi connectivity index (χ1v) is 7.69. The third kappa shape index (κ3) is 4.97. The molecular weight excluding hydrogens is 274 g/mol. The molecule has 1 saturated heterocycles. The Morgan fingerprint density at radius 2 is 1.85 bits per heavy atom. The van der Waals surface area contributed by atoms with Gasteiger partial charge in [-0.2, -0.15) is 0 Å². The van der Waals surface area contributed by atoms with Gasteiger partial charge in [-0.1, -0.05) is 25.4 Å². The molecule has 0 aromatic heterocycles. The molecule has 3 unspecified atom stereocenters. The van der Waals surface area contributed by atoms with Crippen LogP contribution in [0.15, 0.2) is 24.3 Å². The molecule has 1 aromatic carbocycles. The average Bonchev–Trinajstić information content (AvgIpc) is 2.37. The van der Waals surface area contributed by atoms with E-state index in [1.165, 1.54) is 6.42 Å². The molecule has 0 amide bonds. The van der Waals surface area contributed by atoms with E-state index in [1.54, 1.807) is 12.1 Å². The fourth-order valence-corrected chi connectivity index (χ4v) is 3.14. The summed E-state index contributed by atoms with van der Waals surface area (Å²) in [6.45, 7) is 7.70. The number of likely N-dealkylation sites (tertiary alicyclic amines) is 1. The van der Waals surface area contributed by atoms with Gasteiger partial charge in [0.2, 0.25) is 0 Å². The summed E-state index contributed by atoms with van der Waals surface area (Å²) in [4.78, 5) is 2.34. The fraction of sp³-hybridized carbons (Fsp3) is 0.625. The first kappa shape index (κ1) is 15.6. The van der Waals surface area contributed by atoms with Crippen LogP contribution in [0.3, 0.4) is 0 Å². The Morgan fingerprint density at radius 1 is 1.25 bits per heavy atom. The van der Waals surface area contributed by atoms with Crippen LogP contribution in [-0.4, -0.2) is 42.4 Å². The van der Waals surface area contributed by atoms with Crippen molar-refractivity contribution in [1.29, 1.82) is 0 Å². The van der Waals surface area contributed by atoms with Gasteiger partial charge in [0.25, 0.3) is 0 Å². The zero-order valence-electron chi connectivity index (χ0n) is 12.3. The fourth-order valence-electron chi connectivity index (χ4n) is 3.02. The number of aliphatic hydroxyl groups is 1. The maximum Gasteiger partial charge on any atom is 0.119 e. The van der Waals surface area contributed by atoms with Crippen molar-refractivity contribution >= 4 is 11.6 Å². The molecule has 1 aliphatic heterocycles. The standard InChI is InChI=1S/C16H24ClNO2/c1-12-7-13(2)9-18(8-12)10-15(19)11-20-16-5-3-14(17)4-6-16/h3-6,12-13,15,19H,7-11H2,1-2H3. The Bertz CT molecular complexity index is 399. The van der Waals surface area contributed by atoms with Gasteiger partial charge in [-0.15, -0.1) is 0 Å². The Balaban J connectivity index is 1.74. The molecule has 4 heteroatoms. The number of rotatable bonds is 5. The van der Waals surface area contributed by atoms with Gasteiger partial charge in [0.05, 0.1) is 0 Å². The van der Waals surface area contributed by atoms with E-state index in [-0.39, 0.29) is 0 Å². The zero-order chi connectivity index (χ0) is 14.5. The van der Waals surface area contributed by atoms with E-state index in [2.05, 4.69) is 18.7 Å². The van der Waals surface area contributed by atoms with Gasteiger partial charge in [-0.3, -0.25) is 0 Å². The summed E-state index contributed by atoms with van der Waals surface area (Å²) in [6.07, 6.45) is 0.830. The lowest BCUT2D eigenvalue weighted by molar-refractivity contribution is 0.0429. The molecule has 1 heterocycles. The van der Waals surface area contributed by atoms with E-state index < -0.39 is 6.10 Å².